The fourth-order valence-corrected chi connectivity index (χ4v) is 1.79. The van der Waals surface area contributed by atoms with Gasteiger partial charge in [-0.3, -0.25) is 0 Å². The molecule has 0 heterocycles. The molecule has 84 valence electrons. The van der Waals surface area contributed by atoms with Crippen LogP contribution in [-0.4, -0.2) is 6.36 Å². The Morgan fingerprint density at radius 1 is 1.40 bits per heavy atom. The maximum atomic E-state index is 12.0. The van der Waals surface area contributed by atoms with Crippen molar-refractivity contribution < 1.29 is 17.9 Å². The van der Waals surface area contributed by atoms with E-state index in [0.29, 0.717) is 10.9 Å². The van der Waals surface area contributed by atoms with E-state index < -0.39 is 12.1 Å². The quantitative estimate of drug-likeness (QED) is 0.667. The minimum atomic E-state index is -4.78. The third-order valence-corrected chi connectivity index (χ3v) is 2.54. The Hall–Kier alpha value is -0.620. The molecule has 0 aliphatic carbocycles. The Morgan fingerprint density at radius 2 is 2.00 bits per heavy atom. The maximum absolute atomic E-state index is 12.0. The van der Waals surface area contributed by atoms with Crippen molar-refractivity contribution in [2.75, 3.05) is 5.73 Å². The summed E-state index contributed by atoms with van der Waals surface area (Å²) >= 11 is 8.76. The molecular weight excluding hydrogens is 298 g/mol. The molecule has 0 saturated carbocycles. The van der Waals surface area contributed by atoms with Crippen LogP contribution in [0.25, 0.3) is 0 Å². The Bertz CT molecular complexity index is 370. The molecule has 0 spiro atoms. The van der Waals surface area contributed by atoms with E-state index in [2.05, 4.69) is 20.7 Å². The van der Waals surface area contributed by atoms with Crippen LogP contribution in [0, 0.1) is 0 Å². The fraction of sp³-hybridized carbons (Fsp3) is 0.250. The monoisotopic (exact) mass is 303 g/mol. The molecule has 2 N–H and O–H groups in total. The van der Waals surface area contributed by atoms with Crippen molar-refractivity contribution in [1.82, 2.24) is 0 Å². The summed E-state index contributed by atoms with van der Waals surface area (Å²) in [5, 5.41) is 0.198. The summed E-state index contributed by atoms with van der Waals surface area (Å²) in [6.07, 6.45) is -4.78. The standard InChI is InChI=1S/C8H6BrClF3NO/c9-3-4-1-5(14)2-6(7(4)10)15-8(11,12)13/h1-2H,3,14H2. The molecule has 1 aromatic carbocycles. The number of alkyl halides is 4. The minimum Gasteiger partial charge on any atom is -0.404 e. The van der Waals surface area contributed by atoms with E-state index in [4.69, 9.17) is 17.3 Å². The van der Waals surface area contributed by atoms with Gasteiger partial charge in [0.2, 0.25) is 0 Å². The van der Waals surface area contributed by atoms with Gasteiger partial charge >= 0.3 is 6.36 Å². The van der Waals surface area contributed by atoms with Gasteiger partial charge in [-0.1, -0.05) is 27.5 Å². The second-order valence-electron chi connectivity index (χ2n) is 2.67. The Morgan fingerprint density at radius 3 is 2.47 bits per heavy atom. The summed E-state index contributed by atoms with van der Waals surface area (Å²) in [5.41, 5.74) is 6.00. The first-order valence-electron chi connectivity index (χ1n) is 3.73. The van der Waals surface area contributed by atoms with Crippen molar-refractivity contribution in [2.45, 2.75) is 11.7 Å². The van der Waals surface area contributed by atoms with Crippen LogP contribution in [0.5, 0.6) is 5.75 Å². The van der Waals surface area contributed by atoms with Crippen molar-refractivity contribution >= 4 is 33.2 Å². The van der Waals surface area contributed by atoms with Crippen LogP contribution in [-0.2, 0) is 5.33 Å². The normalized spacial score (nSPS) is 11.5. The summed E-state index contributed by atoms with van der Waals surface area (Å²) in [5.74, 6) is -0.487. The zero-order chi connectivity index (χ0) is 11.6. The zero-order valence-electron chi connectivity index (χ0n) is 7.24. The molecule has 0 aliphatic rings. The van der Waals surface area contributed by atoms with Gasteiger partial charge in [-0.25, -0.2) is 0 Å². The Balaban J connectivity index is 3.12. The summed E-state index contributed by atoms with van der Waals surface area (Å²) in [6.45, 7) is 0. The van der Waals surface area contributed by atoms with Crippen LogP contribution in [0.3, 0.4) is 0 Å². The van der Waals surface area contributed by atoms with E-state index in [1.807, 2.05) is 0 Å². The summed E-state index contributed by atoms with van der Waals surface area (Å²) < 4.78 is 39.6. The van der Waals surface area contributed by atoms with E-state index in [0.717, 1.165) is 6.07 Å². The molecule has 1 aromatic rings. The summed E-state index contributed by atoms with van der Waals surface area (Å²) in [7, 11) is 0. The van der Waals surface area contributed by atoms with Crippen LogP contribution in [0.2, 0.25) is 5.02 Å². The van der Waals surface area contributed by atoms with E-state index in [-0.39, 0.29) is 10.7 Å². The molecule has 0 fully saturated rings. The van der Waals surface area contributed by atoms with Gasteiger partial charge in [0, 0.05) is 17.1 Å². The lowest BCUT2D eigenvalue weighted by Crippen LogP contribution is -2.17. The first-order valence-corrected chi connectivity index (χ1v) is 5.23. The van der Waals surface area contributed by atoms with Gasteiger partial charge in [0.15, 0.2) is 0 Å². The smallest absolute Gasteiger partial charge is 0.404 e. The van der Waals surface area contributed by atoms with Crippen molar-refractivity contribution in [3.8, 4) is 5.75 Å². The lowest BCUT2D eigenvalue weighted by molar-refractivity contribution is -0.274. The molecule has 1 rings (SSSR count). The van der Waals surface area contributed by atoms with Crippen molar-refractivity contribution in [2.24, 2.45) is 0 Å². The molecule has 0 radical (unpaired) electrons. The SMILES string of the molecule is Nc1cc(CBr)c(Cl)c(OC(F)(F)F)c1. The molecular formula is C8H6BrClF3NO. The van der Waals surface area contributed by atoms with Crippen molar-refractivity contribution in [3.05, 3.63) is 22.7 Å². The molecule has 0 unspecified atom stereocenters. The van der Waals surface area contributed by atoms with E-state index in [1.54, 1.807) is 0 Å². The highest BCUT2D eigenvalue weighted by Crippen LogP contribution is 2.35. The van der Waals surface area contributed by atoms with Crippen LogP contribution in [0.4, 0.5) is 18.9 Å². The second-order valence-corrected chi connectivity index (χ2v) is 3.61. The third kappa shape index (κ3) is 3.46. The Kier molecular flexibility index (Phi) is 3.72. The number of anilines is 1. The number of ether oxygens (including phenoxy) is 1. The first-order chi connectivity index (χ1) is 6.83. The summed E-state index contributed by atoms with van der Waals surface area (Å²) in [6, 6.07) is 2.50. The van der Waals surface area contributed by atoms with Gasteiger partial charge in [-0.15, -0.1) is 13.2 Å². The zero-order valence-corrected chi connectivity index (χ0v) is 9.58. The molecule has 7 heteroatoms. The van der Waals surface area contributed by atoms with Gasteiger partial charge in [0.25, 0.3) is 0 Å². The number of nitrogen functional groups attached to an aromatic ring is 1. The molecule has 0 atom stereocenters. The average Bonchev–Trinajstić information content (AvgIpc) is 2.08. The lowest BCUT2D eigenvalue weighted by Gasteiger charge is -2.12. The number of halogens is 5. The van der Waals surface area contributed by atoms with Gasteiger partial charge in [0.05, 0.1) is 5.02 Å². The fourth-order valence-electron chi connectivity index (χ4n) is 0.975. The van der Waals surface area contributed by atoms with Gasteiger partial charge < -0.3 is 10.5 Å². The van der Waals surface area contributed by atoms with E-state index >= 15 is 0 Å². The molecule has 15 heavy (non-hydrogen) atoms. The maximum Gasteiger partial charge on any atom is 0.573 e. The van der Waals surface area contributed by atoms with Crippen LogP contribution in [0.1, 0.15) is 5.56 Å². The summed E-state index contributed by atoms with van der Waals surface area (Å²) in [4.78, 5) is 0. The largest absolute Gasteiger partial charge is 0.573 e. The van der Waals surface area contributed by atoms with Crippen molar-refractivity contribution in [3.63, 3.8) is 0 Å². The van der Waals surface area contributed by atoms with E-state index in [1.165, 1.54) is 6.07 Å². The number of hydrogen-bond donors (Lipinski definition) is 1. The van der Waals surface area contributed by atoms with Gasteiger partial charge in [-0.2, -0.15) is 0 Å². The molecule has 0 amide bonds. The predicted octanol–water partition coefficient (Wildman–Crippen LogP) is 3.72. The molecule has 0 aliphatic heterocycles. The molecule has 2 nitrogen and oxygen atoms in total. The molecule has 0 aromatic heterocycles. The molecule has 0 saturated heterocycles. The second kappa shape index (κ2) is 4.49. The van der Waals surface area contributed by atoms with Crippen LogP contribution in [0.15, 0.2) is 12.1 Å². The van der Waals surface area contributed by atoms with Crippen molar-refractivity contribution in [1.29, 1.82) is 0 Å². The van der Waals surface area contributed by atoms with Crippen LogP contribution >= 0.6 is 27.5 Å². The predicted molar refractivity (Wildman–Crippen MR) is 55.2 cm³/mol. The molecule has 0 bridgehead atoms. The number of nitrogens with two attached hydrogens (primary N) is 1. The highest BCUT2D eigenvalue weighted by atomic mass is 79.9. The number of benzene rings is 1. The topological polar surface area (TPSA) is 35.2 Å². The highest BCUT2D eigenvalue weighted by Gasteiger charge is 2.32. The first kappa shape index (κ1) is 12.4. The van der Waals surface area contributed by atoms with Gasteiger partial charge in [0.1, 0.15) is 5.75 Å². The van der Waals surface area contributed by atoms with Crippen LogP contribution < -0.4 is 10.5 Å². The minimum absolute atomic E-state index is 0.0987. The highest BCUT2D eigenvalue weighted by molar-refractivity contribution is 9.08. The third-order valence-electron chi connectivity index (χ3n) is 1.51. The van der Waals surface area contributed by atoms with E-state index in [9.17, 15) is 13.2 Å². The lowest BCUT2D eigenvalue weighted by atomic mass is 10.2. The van der Waals surface area contributed by atoms with Gasteiger partial charge in [-0.05, 0) is 11.6 Å². The average molecular weight is 304 g/mol. The Labute approximate surface area is 97.3 Å². The number of rotatable bonds is 2. The number of hydrogen-bond acceptors (Lipinski definition) is 2.